The molecule has 0 radical (unpaired) electrons. The van der Waals surface area contributed by atoms with Crippen LogP contribution in [0.5, 0.6) is 0 Å². The zero-order valence-corrected chi connectivity index (χ0v) is 14.0. The molecule has 2 atom stereocenters. The summed E-state index contributed by atoms with van der Waals surface area (Å²) in [5.74, 6) is 0.555. The van der Waals surface area contributed by atoms with Gasteiger partial charge in [-0.2, -0.15) is 0 Å². The molecule has 0 amide bonds. The number of thiophene rings is 1. The largest absolute Gasteiger partial charge is 0.126 e. The van der Waals surface area contributed by atoms with Crippen LogP contribution in [-0.2, 0) is 0 Å². The van der Waals surface area contributed by atoms with E-state index in [-0.39, 0.29) is 5.38 Å². The highest BCUT2D eigenvalue weighted by Crippen LogP contribution is 2.51. The summed E-state index contributed by atoms with van der Waals surface area (Å²) < 4.78 is 1.78. The van der Waals surface area contributed by atoms with E-state index in [1.165, 1.54) is 30.6 Å². The molecular formula is C13H17BrCl2S. The molecule has 17 heavy (non-hydrogen) atoms. The summed E-state index contributed by atoms with van der Waals surface area (Å²) in [6.45, 7) is 4.69. The number of hydrogen-bond donors (Lipinski definition) is 0. The fraction of sp³-hybridized carbons (Fsp3) is 0.692. The van der Waals surface area contributed by atoms with Gasteiger partial charge in [-0.1, -0.05) is 38.3 Å². The summed E-state index contributed by atoms with van der Waals surface area (Å²) in [7, 11) is 0. The van der Waals surface area contributed by atoms with Crippen LogP contribution in [0.25, 0.3) is 0 Å². The van der Waals surface area contributed by atoms with Crippen LogP contribution in [0.3, 0.4) is 0 Å². The molecule has 0 N–H and O–H groups in total. The van der Waals surface area contributed by atoms with E-state index in [2.05, 4.69) is 35.8 Å². The number of hydrogen-bond acceptors (Lipinski definition) is 1. The predicted octanol–water partition coefficient (Wildman–Crippen LogP) is 6.66. The standard InChI is InChI=1S/C13H17BrCl2S/c1-13(2)6-4-3-5-8(13)11(15)10-7-9(14)12(16)17-10/h7-8,11H,3-6H2,1-2H3. The van der Waals surface area contributed by atoms with Gasteiger partial charge in [0.2, 0.25) is 0 Å². The fourth-order valence-electron chi connectivity index (χ4n) is 2.76. The maximum absolute atomic E-state index is 6.69. The molecule has 4 heteroatoms. The van der Waals surface area contributed by atoms with E-state index in [4.69, 9.17) is 23.2 Å². The van der Waals surface area contributed by atoms with Crippen molar-refractivity contribution in [3.8, 4) is 0 Å². The Kier molecular flexibility index (Phi) is 4.50. The van der Waals surface area contributed by atoms with Crippen molar-refractivity contribution < 1.29 is 0 Å². The monoisotopic (exact) mass is 354 g/mol. The maximum Gasteiger partial charge on any atom is 0.107 e. The van der Waals surface area contributed by atoms with Gasteiger partial charge in [-0.05, 0) is 46.2 Å². The summed E-state index contributed by atoms with van der Waals surface area (Å²) in [6, 6.07) is 2.08. The minimum absolute atomic E-state index is 0.0964. The molecule has 96 valence electrons. The normalized spacial score (nSPS) is 25.8. The molecule has 1 saturated carbocycles. The van der Waals surface area contributed by atoms with Crippen molar-refractivity contribution in [2.75, 3.05) is 0 Å². The molecule has 2 unspecified atom stereocenters. The average molecular weight is 356 g/mol. The van der Waals surface area contributed by atoms with Crippen LogP contribution in [-0.4, -0.2) is 0 Å². The molecule has 1 aromatic rings. The second kappa shape index (κ2) is 5.40. The van der Waals surface area contributed by atoms with Crippen LogP contribution in [0.15, 0.2) is 10.5 Å². The Morgan fingerprint density at radius 3 is 2.71 bits per heavy atom. The second-order valence-electron chi connectivity index (χ2n) is 5.51. The van der Waals surface area contributed by atoms with Crippen molar-refractivity contribution in [2.45, 2.75) is 44.9 Å². The van der Waals surface area contributed by atoms with Crippen LogP contribution in [0.2, 0.25) is 4.34 Å². The third kappa shape index (κ3) is 3.02. The van der Waals surface area contributed by atoms with Gasteiger partial charge in [-0.3, -0.25) is 0 Å². The summed E-state index contributed by atoms with van der Waals surface area (Å²) in [5, 5.41) is 0.0964. The lowest BCUT2D eigenvalue weighted by Gasteiger charge is -2.41. The fourth-order valence-corrected chi connectivity index (χ4v) is 5.20. The van der Waals surface area contributed by atoms with Crippen LogP contribution >= 0.6 is 50.5 Å². The highest BCUT2D eigenvalue weighted by atomic mass is 79.9. The van der Waals surface area contributed by atoms with E-state index < -0.39 is 0 Å². The molecule has 0 aliphatic heterocycles. The Hall–Kier alpha value is 0.760. The Bertz CT molecular complexity index is 381. The zero-order valence-electron chi connectivity index (χ0n) is 10.1. The topological polar surface area (TPSA) is 0 Å². The molecule has 0 spiro atoms. The molecule has 1 aromatic heterocycles. The first-order valence-corrected chi connectivity index (χ1v) is 8.43. The second-order valence-corrected chi connectivity index (χ2v) is 8.52. The van der Waals surface area contributed by atoms with Gasteiger partial charge in [0.1, 0.15) is 4.34 Å². The number of alkyl halides is 1. The van der Waals surface area contributed by atoms with Crippen molar-refractivity contribution in [3.63, 3.8) is 0 Å². The first-order chi connectivity index (χ1) is 7.92. The molecule has 1 heterocycles. The maximum atomic E-state index is 6.69. The minimum Gasteiger partial charge on any atom is -0.126 e. The lowest BCUT2D eigenvalue weighted by Crippen LogP contribution is -2.30. The van der Waals surface area contributed by atoms with Crippen molar-refractivity contribution in [1.29, 1.82) is 0 Å². The van der Waals surface area contributed by atoms with Crippen molar-refractivity contribution in [2.24, 2.45) is 11.3 Å². The minimum atomic E-state index is 0.0964. The Morgan fingerprint density at radius 2 is 2.18 bits per heavy atom. The van der Waals surface area contributed by atoms with Gasteiger partial charge in [0.25, 0.3) is 0 Å². The van der Waals surface area contributed by atoms with E-state index in [1.54, 1.807) is 11.3 Å². The third-order valence-corrected chi connectivity index (χ3v) is 7.11. The SMILES string of the molecule is CC1(C)CCCCC1C(Cl)c1cc(Br)c(Cl)s1. The van der Waals surface area contributed by atoms with E-state index in [1.807, 2.05) is 0 Å². The van der Waals surface area contributed by atoms with Crippen molar-refractivity contribution in [3.05, 3.63) is 19.8 Å². The quantitative estimate of drug-likeness (QED) is 0.520. The van der Waals surface area contributed by atoms with Crippen molar-refractivity contribution >= 4 is 50.5 Å². The molecular weight excluding hydrogens is 339 g/mol. The predicted molar refractivity (Wildman–Crippen MR) is 81.4 cm³/mol. The molecule has 0 bridgehead atoms. The van der Waals surface area contributed by atoms with E-state index in [0.717, 1.165) is 8.81 Å². The average Bonchev–Trinajstić information content (AvgIpc) is 2.58. The third-order valence-electron chi connectivity index (χ3n) is 3.88. The zero-order chi connectivity index (χ0) is 12.6. The lowest BCUT2D eigenvalue weighted by molar-refractivity contribution is 0.134. The van der Waals surface area contributed by atoms with Gasteiger partial charge in [0, 0.05) is 9.35 Å². The van der Waals surface area contributed by atoms with Crippen LogP contribution in [0.1, 0.15) is 49.8 Å². The van der Waals surface area contributed by atoms with Crippen LogP contribution in [0.4, 0.5) is 0 Å². The number of rotatable bonds is 2. The van der Waals surface area contributed by atoms with E-state index in [9.17, 15) is 0 Å². The van der Waals surface area contributed by atoms with Gasteiger partial charge in [-0.25, -0.2) is 0 Å². The molecule has 0 saturated heterocycles. The summed E-state index contributed by atoms with van der Waals surface area (Å²) in [4.78, 5) is 1.20. The molecule has 2 rings (SSSR count). The van der Waals surface area contributed by atoms with Gasteiger partial charge >= 0.3 is 0 Å². The molecule has 1 aliphatic rings. The summed E-state index contributed by atoms with van der Waals surface area (Å²) in [6.07, 6.45) is 5.15. The van der Waals surface area contributed by atoms with Gasteiger partial charge in [0.15, 0.2) is 0 Å². The molecule has 1 aliphatic carbocycles. The molecule has 0 nitrogen and oxygen atoms in total. The first kappa shape index (κ1) is 14.2. The highest BCUT2D eigenvalue weighted by molar-refractivity contribution is 9.10. The van der Waals surface area contributed by atoms with Crippen molar-refractivity contribution in [1.82, 2.24) is 0 Å². The van der Waals surface area contributed by atoms with Crippen LogP contribution < -0.4 is 0 Å². The number of halogens is 3. The van der Waals surface area contributed by atoms with Gasteiger partial charge < -0.3 is 0 Å². The van der Waals surface area contributed by atoms with E-state index in [0.29, 0.717) is 11.3 Å². The summed E-state index contributed by atoms with van der Waals surface area (Å²) >= 11 is 17.8. The first-order valence-electron chi connectivity index (χ1n) is 6.00. The highest BCUT2D eigenvalue weighted by Gasteiger charge is 2.38. The van der Waals surface area contributed by atoms with E-state index >= 15 is 0 Å². The van der Waals surface area contributed by atoms with Gasteiger partial charge in [0.05, 0.1) is 5.38 Å². The Labute approximate surface area is 126 Å². The Balaban J connectivity index is 2.21. The Morgan fingerprint density at radius 1 is 1.47 bits per heavy atom. The van der Waals surface area contributed by atoms with Gasteiger partial charge in [-0.15, -0.1) is 22.9 Å². The smallest absolute Gasteiger partial charge is 0.107 e. The van der Waals surface area contributed by atoms with Crippen LogP contribution in [0, 0.1) is 11.3 Å². The molecule has 0 aromatic carbocycles. The lowest BCUT2D eigenvalue weighted by atomic mass is 9.67. The summed E-state index contributed by atoms with van der Waals surface area (Å²) in [5.41, 5.74) is 0.341. The molecule has 1 fully saturated rings.